The average molecular weight is 385 g/mol. The molecule has 2 aliphatic heterocycles. The Balaban J connectivity index is 2.00. The Morgan fingerprint density at radius 1 is 1.35 bits per heavy atom. The monoisotopic (exact) mass is 385 g/mol. The number of pyridine rings is 1. The van der Waals surface area contributed by atoms with Gasteiger partial charge in [0.2, 0.25) is 5.91 Å². The van der Waals surface area contributed by atoms with E-state index in [-0.39, 0.29) is 18.2 Å². The van der Waals surface area contributed by atoms with E-state index in [4.69, 9.17) is 14.5 Å². The summed E-state index contributed by atoms with van der Waals surface area (Å²) in [6.07, 6.45) is 1.48. The highest BCUT2D eigenvalue weighted by Crippen LogP contribution is 2.48. The summed E-state index contributed by atoms with van der Waals surface area (Å²) < 4.78 is 21.0. The van der Waals surface area contributed by atoms with Gasteiger partial charge in [-0.2, -0.15) is 0 Å². The topological polar surface area (TPSA) is 138 Å². The number of amides is 2. The van der Waals surface area contributed by atoms with E-state index in [0.717, 1.165) is 0 Å². The first kappa shape index (κ1) is 18.9. The number of nitrogens with zero attached hydrogens (tertiary/aromatic N) is 2. The molecule has 11 heteroatoms. The van der Waals surface area contributed by atoms with Crippen molar-refractivity contribution in [2.45, 2.75) is 32.2 Å². The molecule has 0 bridgehead atoms. The maximum Gasteiger partial charge on any atom is 0.469 e. The van der Waals surface area contributed by atoms with Crippen molar-refractivity contribution in [1.82, 2.24) is 15.2 Å². The Hall–Kier alpha value is -1.84. The van der Waals surface area contributed by atoms with Crippen LogP contribution in [0.3, 0.4) is 0 Å². The van der Waals surface area contributed by atoms with Crippen molar-refractivity contribution in [3.8, 4) is 0 Å². The van der Waals surface area contributed by atoms with E-state index in [9.17, 15) is 14.2 Å². The van der Waals surface area contributed by atoms with Gasteiger partial charge in [-0.3, -0.25) is 24.0 Å². The fourth-order valence-electron chi connectivity index (χ4n) is 3.29. The van der Waals surface area contributed by atoms with Gasteiger partial charge in [-0.25, -0.2) is 4.57 Å². The van der Waals surface area contributed by atoms with Crippen molar-refractivity contribution in [3.05, 3.63) is 29.6 Å². The van der Waals surface area contributed by atoms with E-state index < -0.39 is 37.6 Å². The molecule has 3 rings (SSSR count). The second kappa shape index (κ2) is 6.11. The van der Waals surface area contributed by atoms with Gasteiger partial charge >= 0.3 is 7.82 Å². The number of rotatable bonds is 6. The van der Waals surface area contributed by atoms with Crippen molar-refractivity contribution in [3.63, 3.8) is 0 Å². The molecule has 1 saturated heterocycles. The molecule has 2 aliphatic rings. The Morgan fingerprint density at radius 3 is 2.65 bits per heavy atom. The standard InChI is InChI=1S/C15H20N3O7P/c1-9(2)14(3)13(20)17-15(24-7-8-25-26(21,22)23)11-10(5-4-6-16-11)12(19)18(14)15/h4-6,9H,7-8H2,1-3H3,(H,17,20)(H2,21,22,23). The highest BCUT2D eigenvalue weighted by molar-refractivity contribution is 7.46. The highest BCUT2D eigenvalue weighted by atomic mass is 31.2. The Labute approximate surface area is 149 Å². The van der Waals surface area contributed by atoms with Gasteiger partial charge in [0.1, 0.15) is 11.2 Å². The van der Waals surface area contributed by atoms with Gasteiger partial charge in [0.25, 0.3) is 11.8 Å². The van der Waals surface area contributed by atoms with Gasteiger partial charge in [0.15, 0.2) is 0 Å². The lowest BCUT2D eigenvalue weighted by Gasteiger charge is -2.39. The molecule has 1 aromatic heterocycles. The van der Waals surface area contributed by atoms with E-state index in [1.165, 1.54) is 11.1 Å². The zero-order valence-corrected chi connectivity index (χ0v) is 15.4. The first-order chi connectivity index (χ1) is 12.0. The quantitative estimate of drug-likeness (QED) is 0.470. The number of hydrogen-bond acceptors (Lipinski definition) is 6. The number of hydrogen-bond donors (Lipinski definition) is 3. The third-order valence-corrected chi connectivity index (χ3v) is 5.38. The van der Waals surface area contributed by atoms with Crippen LogP contribution < -0.4 is 5.32 Å². The second-order valence-corrected chi connectivity index (χ2v) is 7.85. The Morgan fingerprint density at radius 2 is 2.04 bits per heavy atom. The van der Waals surface area contributed by atoms with Crippen LogP contribution in [-0.4, -0.2) is 50.2 Å². The lowest BCUT2D eigenvalue weighted by atomic mass is 9.87. The van der Waals surface area contributed by atoms with Crippen LogP contribution in [0.4, 0.5) is 0 Å². The summed E-state index contributed by atoms with van der Waals surface area (Å²) in [7, 11) is -4.65. The molecule has 10 nitrogen and oxygen atoms in total. The van der Waals surface area contributed by atoms with E-state index in [1.807, 2.05) is 13.8 Å². The molecule has 0 saturated carbocycles. The third-order valence-electron chi connectivity index (χ3n) is 4.86. The largest absolute Gasteiger partial charge is 0.469 e. The molecule has 2 atom stereocenters. The normalized spacial score (nSPS) is 27.7. The molecule has 3 N–H and O–H groups in total. The lowest BCUT2D eigenvalue weighted by molar-refractivity contribution is -0.161. The van der Waals surface area contributed by atoms with Crippen molar-refractivity contribution in [2.24, 2.45) is 5.92 Å². The molecule has 2 unspecified atom stereocenters. The molecule has 1 aromatic rings. The number of ether oxygens (including phenoxy) is 1. The third kappa shape index (κ3) is 2.65. The van der Waals surface area contributed by atoms with Gasteiger partial charge in [-0.1, -0.05) is 13.8 Å². The molecule has 0 aromatic carbocycles. The van der Waals surface area contributed by atoms with Crippen LogP contribution in [-0.2, 0) is 24.5 Å². The Kier molecular flexibility index (Phi) is 4.45. The van der Waals surface area contributed by atoms with Crippen LogP contribution in [0, 0.1) is 5.92 Å². The minimum absolute atomic E-state index is 0.224. The van der Waals surface area contributed by atoms with Crippen LogP contribution >= 0.6 is 7.82 Å². The summed E-state index contributed by atoms with van der Waals surface area (Å²) in [6, 6.07) is 3.20. The van der Waals surface area contributed by atoms with Gasteiger partial charge in [-0.05, 0) is 25.0 Å². The van der Waals surface area contributed by atoms with Gasteiger partial charge in [0, 0.05) is 6.20 Å². The zero-order chi connectivity index (χ0) is 19.3. The summed E-state index contributed by atoms with van der Waals surface area (Å²) >= 11 is 0. The van der Waals surface area contributed by atoms with Crippen LogP contribution in [0.15, 0.2) is 18.3 Å². The molecule has 0 spiro atoms. The number of phosphoric acid groups is 1. The summed E-state index contributed by atoms with van der Waals surface area (Å²) in [4.78, 5) is 48.8. The molecule has 3 heterocycles. The summed E-state index contributed by atoms with van der Waals surface area (Å²) in [5, 5.41) is 2.72. The van der Waals surface area contributed by atoms with Crippen molar-refractivity contribution in [1.29, 1.82) is 0 Å². The number of carbonyl (C=O) groups excluding carboxylic acids is 2. The van der Waals surface area contributed by atoms with Crippen molar-refractivity contribution in [2.75, 3.05) is 13.2 Å². The number of carbonyl (C=O) groups is 2. The maximum absolute atomic E-state index is 13.0. The summed E-state index contributed by atoms with van der Waals surface area (Å²) in [5.74, 6) is -2.66. The van der Waals surface area contributed by atoms with Crippen LogP contribution in [0.25, 0.3) is 0 Å². The van der Waals surface area contributed by atoms with Crippen molar-refractivity contribution < 1.29 is 33.2 Å². The first-order valence-electron chi connectivity index (χ1n) is 8.01. The Bertz CT molecular complexity index is 810. The molecule has 142 valence electrons. The van der Waals surface area contributed by atoms with E-state index in [0.29, 0.717) is 5.56 Å². The maximum atomic E-state index is 13.0. The molecular formula is C15H20N3O7P. The van der Waals surface area contributed by atoms with Gasteiger partial charge in [-0.15, -0.1) is 0 Å². The van der Waals surface area contributed by atoms with Crippen molar-refractivity contribution >= 4 is 19.6 Å². The summed E-state index contributed by atoms with van der Waals surface area (Å²) in [5.41, 5.74) is -0.642. The highest BCUT2D eigenvalue weighted by Gasteiger charge is 2.68. The molecule has 0 aliphatic carbocycles. The van der Waals surface area contributed by atoms with Crippen LogP contribution in [0.1, 0.15) is 36.8 Å². The predicted molar refractivity (Wildman–Crippen MR) is 87.4 cm³/mol. The second-order valence-electron chi connectivity index (χ2n) is 6.61. The molecular weight excluding hydrogens is 365 g/mol. The minimum Gasteiger partial charge on any atom is -0.331 e. The molecule has 26 heavy (non-hydrogen) atoms. The minimum atomic E-state index is -4.65. The molecule has 2 amide bonds. The average Bonchev–Trinajstić information content (AvgIpc) is 2.93. The van der Waals surface area contributed by atoms with Crippen LogP contribution in [0.5, 0.6) is 0 Å². The predicted octanol–water partition coefficient (Wildman–Crippen LogP) is 0.318. The number of nitrogens with one attached hydrogen (secondary N) is 1. The molecule has 0 radical (unpaired) electrons. The smallest absolute Gasteiger partial charge is 0.331 e. The lowest BCUT2D eigenvalue weighted by Crippen LogP contribution is -2.56. The van der Waals surface area contributed by atoms with Crippen LogP contribution in [0.2, 0.25) is 0 Å². The van der Waals surface area contributed by atoms with Gasteiger partial charge < -0.3 is 19.8 Å². The molecule has 1 fully saturated rings. The first-order valence-corrected chi connectivity index (χ1v) is 9.54. The fraction of sp³-hybridized carbons (Fsp3) is 0.533. The SMILES string of the molecule is CC(C)C1(C)C(=O)NC2(OCCOP(=O)(O)O)c3ncccc3C(=O)N21. The number of fused-ring (bicyclic) bond motifs is 3. The number of aromatic nitrogens is 1. The van der Waals surface area contributed by atoms with E-state index in [2.05, 4.69) is 14.8 Å². The summed E-state index contributed by atoms with van der Waals surface area (Å²) in [6.45, 7) is 4.57. The van der Waals surface area contributed by atoms with Gasteiger partial charge in [0.05, 0.1) is 18.8 Å². The fourth-order valence-corrected chi connectivity index (χ4v) is 3.60. The van der Waals surface area contributed by atoms with E-state index >= 15 is 0 Å². The van der Waals surface area contributed by atoms with E-state index in [1.54, 1.807) is 19.1 Å². The number of phosphoric ester groups is 1. The zero-order valence-electron chi connectivity index (χ0n) is 14.5.